The summed E-state index contributed by atoms with van der Waals surface area (Å²) in [6.07, 6.45) is 9.46. The van der Waals surface area contributed by atoms with Gasteiger partial charge in [-0.2, -0.15) is 0 Å². The van der Waals surface area contributed by atoms with Crippen molar-refractivity contribution in [1.29, 1.82) is 0 Å². The molecule has 1 heterocycles. The SMILES string of the molecule is CC(C)C1CCC(CN2CCCCC2(C)OCc2ccccc2)CC1. The van der Waals surface area contributed by atoms with Crippen LogP contribution in [0.3, 0.4) is 0 Å². The highest BCUT2D eigenvalue weighted by atomic mass is 16.5. The van der Waals surface area contributed by atoms with Crippen LogP contribution in [0.2, 0.25) is 0 Å². The van der Waals surface area contributed by atoms with Crippen LogP contribution < -0.4 is 0 Å². The van der Waals surface area contributed by atoms with E-state index in [2.05, 4.69) is 56.0 Å². The minimum absolute atomic E-state index is 0.0804. The van der Waals surface area contributed by atoms with Crippen molar-refractivity contribution in [3.05, 3.63) is 35.9 Å². The highest BCUT2D eigenvalue weighted by molar-refractivity contribution is 5.13. The number of benzene rings is 1. The Labute approximate surface area is 154 Å². The van der Waals surface area contributed by atoms with Crippen molar-refractivity contribution < 1.29 is 4.74 Å². The van der Waals surface area contributed by atoms with Crippen molar-refractivity contribution in [1.82, 2.24) is 4.90 Å². The fourth-order valence-corrected chi connectivity index (χ4v) is 4.76. The Morgan fingerprint density at radius 3 is 2.48 bits per heavy atom. The third-order valence-electron chi connectivity index (χ3n) is 6.69. The molecule has 2 nitrogen and oxygen atoms in total. The van der Waals surface area contributed by atoms with Gasteiger partial charge in [0, 0.05) is 13.1 Å². The number of rotatable bonds is 6. The van der Waals surface area contributed by atoms with Gasteiger partial charge in [0.05, 0.1) is 6.61 Å². The quantitative estimate of drug-likeness (QED) is 0.640. The Bertz CT molecular complexity index is 506. The van der Waals surface area contributed by atoms with Gasteiger partial charge in [0.2, 0.25) is 0 Å². The Balaban J connectivity index is 1.55. The van der Waals surface area contributed by atoms with Gasteiger partial charge in [-0.25, -0.2) is 0 Å². The molecule has 1 aliphatic heterocycles. The van der Waals surface area contributed by atoms with Gasteiger partial charge in [0.1, 0.15) is 5.72 Å². The van der Waals surface area contributed by atoms with E-state index < -0.39 is 0 Å². The van der Waals surface area contributed by atoms with Crippen LogP contribution in [-0.4, -0.2) is 23.7 Å². The Kier molecular flexibility index (Phi) is 6.57. The van der Waals surface area contributed by atoms with Gasteiger partial charge in [0.25, 0.3) is 0 Å². The van der Waals surface area contributed by atoms with Crippen molar-refractivity contribution in [2.45, 2.75) is 78.0 Å². The predicted molar refractivity (Wildman–Crippen MR) is 105 cm³/mol. The van der Waals surface area contributed by atoms with E-state index in [0.29, 0.717) is 0 Å². The highest BCUT2D eigenvalue weighted by Crippen LogP contribution is 2.37. The number of ether oxygens (including phenoxy) is 1. The molecular weight excluding hydrogens is 306 g/mol. The van der Waals surface area contributed by atoms with E-state index in [1.54, 1.807) is 0 Å². The average molecular weight is 344 g/mol. The van der Waals surface area contributed by atoms with Crippen LogP contribution in [0.4, 0.5) is 0 Å². The second-order valence-corrected chi connectivity index (χ2v) is 8.88. The van der Waals surface area contributed by atoms with Crippen LogP contribution in [0, 0.1) is 17.8 Å². The van der Waals surface area contributed by atoms with Crippen LogP contribution >= 0.6 is 0 Å². The summed E-state index contributed by atoms with van der Waals surface area (Å²) in [5.41, 5.74) is 1.20. The van der Waals surface area contributed by atoms with Gasteiger partial charge >= 0.3 is 0 Å². The van der Waals surface area contributed by atoms with Crippen LogP contribution in [-0.2, 0) is 11.3 Å². The maximum absolute atomic E-state index is 6.50. The number of nitrogens with zero attached hydrogens (tertiary/aromatic N) is 1. The number of hydrogen-bond donors (Lipinski definition) is 0. The molecule has 0 amide bonds. The Morgan fingerprint density at radius 2 is 1.80 bits per heavy atom. The van der Waals surface area contributed by atoms with Crippen molar-refractivity contribution in [3.63, 3.8) is 0 Å². The van der Waals surface area contributed by atoms with Crippen LogP contribution in [0.5, 0.6) is 0 Å². The molecule has 1 atom stereocenters. The van der Waals surface area contributed by atoms with Gasteiger partial charge in [-0.1, -0.05) is 44.2 Å². The van der Waals surface area contributed by atoms with E-state index in [9.17, 15) is 0 Å². The summed E-state index contributed by atoms with van der Waals surface area (Å²) >= 11 is 0. The molecule has 0 N–H and O–H groups in total. The van der Waals surface area contributed by atoms with E-state index in [-0.39, 0.29) is 5.72 Å². The first-order valence-corrected chi connectivity index (χ1v) is 10.5. The molecule has 1 saturated heterocycles. The number of likely N-dealkylation sites (tertiary alicyclic amines) is 1. The van der Waals surface area contributed by atoms with Crippen LogP contribution in [0.25, 0.3) is 0 Å². The topological polar surface area (TPSA) is 12.5 Å². The van der Waals surface area contributed by atoms with Crippen molar-refractivity contribution in [2.24, 2.45) is 17.8 Å². The lowest BCUT2D eigenvalue weighted by molar-refractivity contribution is -0.176. The van der Waals surface area contributed by atoms with Crippen molar-refractivity contribution in [2.75, 3.05) is 13.1 Å². The molecule has 0 aromatic heterocycles. The Hall–Kier alpha value is -0.860. The van der Waals surface area contributed by atoms with Gasteiger partial charge in [0.15, 0.2) is 0 Å². The molecule has 2 fully saturated rings. The van der Waals surface area contributed by atoms with E-state index >= 15 is 0 Å². The molecule has 140 valence electrons. The van der Waals surface area contributed by atoms with Gasteiger partial charge < -0.3 is 4.74 Å². The Morgan fingerprint density at radius 1 is 1.08 bits per heavy atom. The van der Waals surface area contributed by atoms with E-state index in [0.717, 1.165) is 24.4 Å². The first kappa shape index (κ1) is 18.9. The lowest BCUT2D eigenvalue weighted by atomic mass is 9.76. The zero-order chi connectivity index (χ0) is 17.7. The molecular formula is C23H37NO. The molecule has 1 unspecified atom stereocenters. The fraction of sp³-hybridized carbons (Fsp3) is 0.739. The third-order valence-corrected chi connectivity index (χ3v) is 6.69. The number of hydrogen-bond acceptors (Lipinski definition) is 2. The zero-order valence-electron chi connectivity index (χ0n) is 16.5. The fourth-order valence-electron chi connectivity index (χ4n) is 4.76. The molecule has 1 saturated carbocycles. The van der Waals surface area contributed by atoms with E-state index in [1.165, 1.54) is 63.6 Å². The minimum atomic E-state index is -0.0804. The molecule has 2 heteroatoms. The van der Waals surface area contributed by atoms with E-state index in [4.69, 9.17) is 4.74 Å². The first-order valence-electron chi connectivity index (χ1n) is 10.5. The molecule has 1 aromatic rings. The van der Waals surface area contributed by atoms with Crippen molar-refractivity contribution in [3.8, 4) is 0 Å². The summed E-state index contributed by atoms with van der Waals surface area (Å²) < 4.78 is 6.50. The molecule has 1 aliphatic carbocycles. The minimum Gasteiger partial charge on any atom is -0.356 e. The van der Waals surface area contributed by atoms with Crippen molar-refractivity contribution >= 4 is 0 Å². The molecule has 0 bridgehead atoms. The second kappa shape index (κ2) is 8.68. The zero-order valence-corrected chi connectivity index (χ0v) is 16.5. The highest BCUT2D eigenvalue weighted by Gasteiger charge is 2.37. The molecule has 0 spiro atoms. The summed E-state index contributed by atoms with van der Waals surface area (Å²) in [6.45, 7) is 10.3. The third kappa shape index (κ3) is 5.08. The van der Waals surface area contributed by atoms with E-state index in [1.807, 2.05) is 0 Å². The normalized spacial score (nSPS) is 31.4. The maximum Gasteiger partial charge on any atom is 0.119 e. The van der Waals surface area contributed by atoms with Gasteiger partial charge in [-0.15, -0.1) is 0 Å². The summed E-state index contributed by atoms with van der Waals surface area (Å²) in [4.78, 5) is 2.67. The first-order chi connectivity index (χ1) is 12.1. The summed E-state index contributed by atoms with van der Waals surface area (Å²) in [5.74, 6) is 2.68. The second-order valence-electron chi connectivity index (χ2n) is 8.88. The molecule has 25 heavy (non-hydrogen) atoms. The molecule has 1 aromatic carbocycles. The maximum atomic E-state index is 6.50. The molecule has 3 rings (SSSR count). The smallest absolute Gasteiger partial charge is 0.119 e. The predicted octanol–water partition coefficient (Wildman–Crippen LogP) is 5.87. The van der Waals surface area contributed by atoms with Gasteiger partial charge in [-0.3, -0.25) is 4.90 Å². The molecule has 2 aliphatic rings. The standard InChI is InChI=1S/C23H37NO/c1-19(2)22-13-11-20(12-14-22)17-24-16-8-7-15-23(24,3)25-18-21-9-5-4-6-10-21/h4-6,9-10,19-20,22H,7-8,11-18H2,1-3H3. The van der Waals surface area contributed by atoms with Gasteiger partial charge in [-0.05, 0) is 75.2 Å². The largest absolute Gasteiger partial charge is 0.356 e. The van der Waals surface area contributed by atoms with Crippen LogP contribution in [0.15, 0.2) is 30.3 Å². The summed E-state index contributed by atoms with van der Waals surface area (Å²) in [7, 11) is 0. The molecule has 0 radical (unpaired) electrons. The summed E-state index contributed by atoms with van der Waals surface area (Å²) in [6, 6.07) is 10.6. The monoisotopic (exact) mass is 343 g/mol. The number of piperidine rings is 1. The lowest BCUT2D eigenvalue weighted by Crippen LogP contribution is -2.53. The summed E-state index contributed by atoms with van der Waals surface area (Å²) in [5, 5.41) is 0. The van der Waals surface area contributed by atoms with Crippen LogP contribution in [0.1, 0.15) is 71.3 Å². The average Bonchev–Trinajstić information content (AvgIpc) is 2.63. The lowest BCUT2D eigenvalue weighted by Gasteiger charge is -2.46.